The van der Waals surface area contributed by atoms with E-state index in [9.17, 15) is 4.39 Å². The van der Waals surface area contributed by atoms with Gasteiger partial charge in [-0.3, -0.25) is 11.3 Å². The van der Waals surface area contributed by atoms with Crippen molar-refractivity contribution in [2.24, 2.45) is 11.8 Å². The lowest BCUT2D eigenvalue weighted by atomic mass is 9.78. The Bertz CT molecular complexity index is 346. The van der Waals surface area contributed by atoms with Gasteiger partial charge in [-0.1, -0.05) is 24.1 Å². The Hall–Kier alpha value is -0.640. The van der Waals surface area contributed by atoms with Crippen molar-refractivity contribution >= 4 is 11.6 Å². The molecule has 1 aliphatic rings. The highest BCUT2D eigenvalue weighted by atomic mass is 35.5. The second kappa shape index (κ2) is 5.13. The minimum Gasteiger partial charge on any atom is -0.271 e. The molecule has 0 bridgehead atoms. The van der Waals surface area contributed by atoms with E-state index in [0.29, 0.717) is 22.9 Å². The second-order valence-electron chi connectivity index (χ2n) is 4.37. The van der Waals surface area contributed by atoms with Gasteiger partial charge in [-0.25, -0.2) is 4.39 Å². The van der Waals surface area contributed by atoms with Crippen LogP contribution in [0.4, 0.5) is 4.39 Å². The fraction of sp³-hybridized carbons (Fsp3) is 0.500. The molecular formula is C12H16ClFN2. The first-order valence-electron chi connectivity index (χ1n) is 5.61. The van der Waals surface area contributed by atoms with Crippen LogP contribution in [0.15, 0.2) is 18.2 Å². The Morgan fingerprint density at radius 1 is 1.50 bits per heavy atom. The molecular weight excluding hydrogens is 227 g/mol. The molecule has 1 atom stereocenters. The molecule has 0 aliphatic heterocycles. The molecule has 0 aromatic heterocycles. The van der Waals surface area contributed by atoms with Crippen molar-refractivity contribution in [2.75, 3.05) is 0 Å². The molecule has 0 radical (unpaired) electrons. The molecule has 0 spiro atoms. The molecule has 0 amide bonds. The standard InChI is InChI=1S/C12H16ClFN2/c13-10-5-2-6-11(14)9(10)7-12(16-15)8-3-1-4-8/h2,5-6,8,12,16H,1,3-4,7,15H2. The zero-order chi connectivity index (χ0) is 11.5. The summed E-state index contributed by atoms with van der Waals surface area (Å²) in [7, 11) is 0. The van der Waals surface area contributed by atoms with Crippen LogP contribution in [0.3, 0.4) is 0 Å². The first-order valence-corrected chi connectivity index (χ1v) is 5.99. The normalized spacial score (nSPS) is 18.2. The number of halogens is 2. The van der Waals surface area contributed by atoms with E-state index in [1.807, 2.05) is 0 Å². The summed E-state index contributed by atoms with van der Waals surface area (Å²) >= 11 is 5.99. The average molecular weight is 243 g/mol. The molecule has 2 rings (SSSR count). The van der Waals surface area contributed by atoms with E-state index in [4.69, 9.17) is 17.4 Å². The summed E-state index contributed by atoms with van der Waals surface area (Å²) in [5.74, 6) is 5.83. The molecule has 16 heavy (non-hydrogen) atoms. The Balaban J connectivity index is 2.11. The molecule has 1 unspecified atom stereocenters. The smallest absolute Gasteiger partial charge is 0.127 e. The number of hydrogen-bond donors (Lipinski definition) is 2. The maximum Gasteiger partial charge on any atom is 0.127 e. The van der Waals surface area contributed by atoms with Crippen LogP contribution in [0, 0.1) is 11.7 Å². The van der Waals surface area contributed by atoms with E-state index >= 15 is 0 Å². The van der Waals surface area contributed by atoms with Crippen LogP contribution in [0.5, 0.6) is 0 Å². The van der Waals surface area contributed by atoms with Crippen molar-refractivity contribution < 1.29 is 4.39 Å². The summed E-state index contributed by atoms with van der Waals surface area (Å²) in [5.41, 5.74) is 3.35. The summed E-state index contributed by atoms with van der Waals surface area (Å²) in [6.45, 7) is 0. The maximum atomic E-state index is 13.6. The lowest BCUT2D eigenvalue weighted by molar-refractivity contribution is 0.227. The van der Waals surface area contributed by atoms with Crippen LogP contribution in [0.1, 0.15) is 24.8 Å². The minimum atomic E-state index is -0.243. The van der Waals surface area contributed by atoms with Gasteiger partial charge in [-0.15, -0.1) is 0 Å². The highest BCUT2D eigenvalue weighted by Gasteiger charge is 2.27. The van der Waals surface area contributed by atoms with Gasteiger partial charge in [0.2, 0.25) is 0 Å². The van der Waals surface area contributed by atoms with Gasteiger partial charge in [-0.05, 0) is 37.3 Å². The Labute approximate surface area is 99.9 Å². The highest BCUT2D eigenvalue weighted by molar-refractivity contribution is 6.31. The van der Waals surface area contributed by atoms with E-state index in [1.54, 1.807) is 12.1 Å². The van der Waals surface area contributed by atoms with Crippen molar-refractivity contribution in [3.8, 4) is 0 Å². The van der Waals surface area contributed by atoms with Crippen molar-refractivity contribution in [3.63, 3.8) is 0 Å². The lowest BCUT2D eigenvalue weighted by Gasteiger charge is -2.33. The van der Waals surface area contributed by atoms with Gasteiger partial charge >= 0.3 is 0 Å². The van der Waals surface area contributed by atoms with Crippen LogP contribution < -0.4 is 11.3 Å². The molecule has 0 saturated heterocycles. The summed E-state index contributed by atoms with van der Waals surface area (Å²) in [6.07, 6.45) is 4.14. The Kier molecular flexibility index (Phi) is 3.79. The SMILES string of the molecule is NNC(Cc1c(F)cccc1Cl)C1CCC1. The summed E-state index contributed by atoms with van der Waals surface area (Å²) in [6, 6.07) is 4.90. The van der Waals surface area contributed by atoms with Crippen LogP contribution in [-0.2, 0) is 6.42 Å². The van der Waals surface area contributed by atoms with Gasteiger partial charge in [-0.2, -0.15) is 0 Å². The van der Waals surface area contributed by atoms with Crippen molar-refractivity contribution in [2.45, 2.75) is 31.7 Å². The van der Waals surface area contributed by atoms with Gasteiger partial charge in [0.05, 0.1) is 0 Å². The third-order valence-electron chi connectivity index (χ3n) is 3.42. The Morgan fingerprint density at radius 3 is 2.75 bits per heavy atom. The minimum absolute atomic E-state index is 0.128. The van der Waals surface area contributed by atoms with E-state index in [0.717, 1.165) is 0 Å². The Morgan fingerprint density at radius 2 is 2.25 bits per heavy atom. The van der Waals surface area contributed by atoms with Crippen LogP contribution >= 0.6 is 11.6 Å². The molecule has 1 aromatic carbocycles. The molecule has 0 heterocycles. The van der Waals surface area contributed by atoms with Gasteiger partial charge in [0.15, 0.2) is 0 Å². The fourth-order valence-electron chi connectivity index (χ4n) is 2.15. The number of hydrogen-bond acceptors (Lipinski definition) is 2. The predicted molar refractivity (Wildman–Crippen MR) is 63.6 cm³/mol. The van der Waals surface area contributed by atoms with Crippen molar-refractivity contribution in [1.29, 1.82) is 0 Å². The molecule has 1 saturated carbocycles. The first-order chi connectivity index (χ1) is 7.72. The van der Waals surface area contributed by atoms with Gasteiger partial charge in [0.25, 0.3) is 0 Å². The molecule has 2 nitrogen and oxygen atoms in total. The number of nitrogens with two attached hydrogens (primary N) is 1. The van der Waals surface area contributed by atoms with E-state index < -0.39 is 0 Å². The topological polar surface area (TPSA) is 38.0 Å². The number of benzene rings is 1. The molecule has 3 N–H and O–H groups in total. The zero-order valence-corrected chi connectivity index (χ0v) is 9.80. The third-order valence-corrected chi connectivity index (χ3v) is 3.77. The van der Waals surface area contributed by atoms with Crippen molar-refractivity contribution in [3.05, 3.63) is 34.6 Å². The molecule has 4 heteroatoms. The van der Waals surface area contributed by atoms with Crippen LogP contribution in [0.2, 0.25) is 5.02 Å². The third kappa shape index (κ3) is 2.37. The van der Waals surface area contributed by atoms with Crippen LogP contribution in [0.25, 0.3) is 0 Å². The summed E-state index contributed by atoms with van der Waals surface area (Å²) in [4.78, 5) is 0. The molecule has 1 aliphatic carbocycles. The molecule has 1 aromatic rings. The van der Waals surface area contributed by atoms with E-state index in [-0.39, 0.29) is 11.9 Å². The zero-order valence-electron chi connectivity index (χ0n) is 9.05. The lowest BCUT2D eigenvalue weighted by Crippen LogP contribution is -2.45. The van der Waals surface area contributed by atoms with Gasteiger partial charge in [0, 0.05) is 16.6 Å². The summed E-state index contributed by atoms with van der Waals surface area (Å²) < 4.78 is 13.6. The average Bonchev–Trinajstić information content (AvgIpc) is 2.19. The van der Waals surface area contributed by atoms with E-state index in [2.05, 4.69) is 5.43 Å². The number of hydrazine groups is 1. The number of rotatable bonds is 4. The monoisotopic (exact) mass is 242 g/mol. The van der Waals surface area contributed by atoms with Crippen LogP contribution in [-0.4, -0.2) is 6.04 Å². The predicted octanol–water partition coefficient (Wildman–Crippen LogP) is 2.65. The van der Waals surface area contributed by atoms with E-state index in [1.165, 1.54) is 25.3 Å². The molecule has 88 valence electrons. The molecule has 1 fully saturated rings. The maximum absolute atomic E-state index is 13.6. The number of nitrogens with one attached hydrogen (secondary N) is 1. The van der Waals surface area contributed by atoms with Gasteiger partial charge in [0.1, 0.15) is 5.82 Å². The van der Waals surface area contributed by atoms with Crippen molar-refractivity contribution in [1.82, 2.24) is 5.43 Å². The first kappa shape index (κ1) is 11.8. The largest absolute Gasteiger partial charge is 0.271 e. The fourth-order valence-corrected chi connectivity index (χ4v) is 2.39. The second-order valence-corrected chi connectivity index (χ2v) is 4.78. The van der Waals surface area contributed by atoms with Gasteiger partial charge < -0.3 is 0 Å². The highest BCUT2D eigenvalue weighted by Crippen LogP contribution is 2.32. The quantitative estimate of drug-likeness (QED) is 0.629. The summed E-state index contributed by atoms with van der Waals surface area (Å²) in [5, 5.41) is 0.486.